The van der Waals surface area contributed by atoms with Crippen LogP contribution in [0.3, 0.4) is 0 Å². The Morgan fingerprint density at radius 2 is 2.14 bits per heavy atom. The maximum Gasteiger partial charge on any atom is 0.191 e. The summed E-state index contributed by atoms with van der Waals surface area (Å²) < 4.78 is 6.96. The van der Waals surface area contributed by atoms with Crippen LogP contribution in [0.5, 0.6) is 0 Å². The van der Waals surface area contributed by atoms with Crippen LogP contribution in [-0.2, 0) is 11.3 Å². The number of ketones is 1. The van der Waals surface area contributed by atoms with Crippen molar-refractivity contribution in [2.75, 3.05) is 13.7 Å². The molecule has 5 nitrogen and oxygen atoms in total. The minimum Gasteiger partial charge on any atom is -0.383 e. The van der Waals surface area contributed by atoms with Crippen LogP contribution in [0, 0.1) is 13.8 Å². The lowest BCUT2D eigenvalue weighted by molar-refractivity contribution is 0.0993. The van der Waals surface area contributed by atoms with Crippen LogP contribution in [0.15, 0.2) is 29.7 Å². The van der Waals surface area contributed by atoms with Crippen molar-refractivity contribution < 1.29 is 9.53 Å². The number of ether oxygens (including phenoxy) is 1. The van der Waals surface area contributed by atoms with E-state index in [1.54, 1.807) is 13.4 Å². The van der Waals surface area contributed by atoms with Gasteiger partial charge in [0.25, 0.3) is 0 Å². The number of aryl methyl sites for hydroxylation is 2. The quantitative estimate of drug-likeness (QED) is 0.580. The van der Waals surface area contributed by atoms with E-state index in [9.17, 15) is 4.79 Å². The minimum absolute atomic E-state index is 0.106. The van der Waals surface area contributed by atoms with Crippen LogP contribution < -0.4 is 0 Å². The number of aromatic nitrogens is 3. The van der Waals surface area contributed by atoms with E-state index in [1.807, 2.05) is 43.5 Å². The number of thioether (sulfide) groups is 1. The zero-order valence-electron chi connectivity index (χ0n) is 13.4. The van der Waals surface area contributed by atoms with E-state index in [4.69, 9.17) is 4.74 Å². The van der Waals surface area contributed by atoms with Gasteiger partial charge in [-0.15, -0.1) is 10.2 Å². The Morgan fingerprint density at radius 1 is 1.36 bits per heavy atom. The summed E-state index contributed by atoms with van der Waals surface area (Å²) in [5, 5.41) is 8.52. The summed E-state index contributed by atoms with van der Waals surface area (Å²) in [7, 11) is 1.66. The van der Waals surface area contributed by atoms with Crippen LogP contribution in [0.2, 0.25) is 0 Å². The van der Waals surface area contributed by atoms with E-state index in [2.05, 4.69) is 10.2 Å². The molecule has 0 aliphatic rings. The van der Waals surface area contributed by atoms with Crippen molar-refractivity contribution in [1.82, 2.24) is 14.8 Å². The summed E-state index contributed by atoms with van der Waals surface area (Å²) in [6, 6.07) is 5.82. The van der Waals surface area contributed by atoms with Crippen LogP contribution >= 0.6 is 11.8 Å². The lowest BCUT2D eigenvalue weighted by Gasteiger charge is -2.12. The van der Waals surface area contributed by atoms with Crippen molar-refractivity contribution in [1.29, 1.82) is 0 Å². The lowest BCUT2D eigenvalue weighted by Crippen LogP contribution is -2.15. The fourth-order valence-corrected chi connectivity index (χ4v) is 2.95. The first-order valence-corrected chi connectivity index (χ1v) is 8.05. The first-order valence-electron chi connectivity index (χ1n) is 7.17. The third-order valence-corrected chi connectivity index (χ3v) is 4.65. The number of nitrogens with zero attached hydrogens (tertiary/aromatic N) is 3. The fraction of sp³-hybridized carbons (Fsp3) is 0.438. The third-order valence-electron chi connectivity index (χ3n) is 3.56. The molecule has 2 aromatic rings. The Bertz CT molecular complexity index is 655. The largest absolute Gasteiger partial charge is 0.383 e. The summed E-state index contributed by atoms with van der Waals surface area (Å²) >= 11 is 1.42. The number of Topliss-reactive ketones (excluding diaryl/α,β-unsaturated/α-hetero) is 1. The van der Waals surface area contributed by atoms with Gasteiger partial charge in [0.1, 0.15) is 6.33 Å². The number of methoxy groups -OCH3 is 1. The van der Waals surface area contributed by atoms with Gasteiger partial charge in [-0.05, 0) is 38.0 Å². The van der Waals surface area contributed by atoms with Gasteiger partial charge >= 0.3 is 0 Å². The van der Waals surface area contributed by atoms with Gasteiger partial charge in [0.15, 0.2) is 10.9 Å². The van der Waals surface area contributed by atoms with E-state index in [1.165, 1.54) is 17.3 Å². The molecule has 0 saturated carbocycles. The highest BCUT2D eigenvalue weighted by atomic mass is 32.2. The van der Waals surface area contributed by atoms with E-state index >= 15 is 0 Å². The average Bonchev–Trinajstić information content (AvgIpc) is 2.94. The summed E-state index contributed by atoms with van der Waals surface area (Å²) in [5.41, 5.74) is 3.06. The molecular weight excluding hydrogens is 298 g/mol. The monoisotopic (exact) mass is 319 g/mol. The van der Waals surface area contributed by atoms with Crippen LogP contribution in [-0.4, -0.2) is 39.5 Å². The highest BCUT2D eigenvalue weighted by molar-refractivity contribution is 8.00. The highest BCUT2D eigenvalue weighted by Gasteiger charge is 2.19. The molecule has 0 N–H and O–H groups in total. The van der Waals surface area contributed by atoms with Gasteiger partial charge in [0.2, 0.25) is 0 Å². The Hall–Kier alpha value is -1.66. The maximum atomic E-state index is 12.6. The Kier molecular flexibility index (Phi) is 5.74. The molecular formula is C16H21N3O2S. The van der Waals surface area contributed by atoms with Gasteiger partial charge in [0, 0.05) is 19.2 Å². The number of rotatable bonds is 7. The molecule has 0 amide bonds. The molecule has 0 aliphatic carbocycles. The molecule has 22 heavy (non-hydrogen) atoms. The summed E-state index contributed by atoms with van der Waals surface area (Å²) in [6.07, 6.45) is 1.66. The van der Waals surface area contributed by atoms with Gasteiger partial charge in [-0.3, -0.25) is 4.79 Å². The topological polar surface area (TPSA) is 57.0 Å². The molecule has 0 fully saturated rings. The SMILES string of the molecule is COCCn1cnnc1SC(C)C(=O)c1ccc(C)c(C)c1. The fourth-order valence-electron chi connectivity index (χ4n) is 2.02. The number of carbonyl (C=O) groups excluding carboxylic acids is 1. The van der Waals surface area contributed by atoms with Crippen LogP contribution in [0.25, 0.3) is 0 Å². The first kappa shape index (κ1) is 16.7. The van der Waals surface area contributed by atoms with Crippen molar-refractivity contribution in [3.63, 3.8) is 0 Å². The first-order chi connectivity index (χ1) is 10.5. The second kappa shape index (κ2) is 7.56. The van der Waals surface area contributed by atoms with Crippen molar-refractivity contribution in [3.05, 3.63) is 41.2 Å². The zero-order valence-corrected chi connectivity index (χ0v) is 14.2. The van der Waals surface area contributed by atoms with E-state index < -0.39 is 0 Å². The van der Waals surface area contributed by atoms with Crippen molar-refractivity contribution >= 4 is 17.5 Å². The highest BCUT2D eigenvalue weighted by Crippen LogP contribution is 2.24. The second-order valence-corrected chi connectivity index (χ2v) is 6.53. The van der Waals surface area contributed by atoms with Gasteiger partial charge in [0.05, 0.1) is 11.9 Å². The van der Waals surface area contributed by atoms with Gasteiger partial charge in [-0.2, -0.15) is 0 Å². The molecule has 0 radical (unpaired) electrons. The molecule has 1 heterocycles. The average molecular weight is 319 g/mol. The smallest absolute Gasteiger partial charge is 0.191 e. The minimum atomic E-state index is -0.215. The third kappa shape index (κ3) is 3.96. The standard InChI is InChI=1S/C16H21N3O2S/c1-11-5-6-14(9-12(11)2)15(20)13(3)22-16-18-17-10-19(16)7-8-21-4/h5-6,9-10,13H,7-8H2,1-4H3. The molecule has 0 aliphatic heterocycles. The van der Waals surface area contributed by atoms with Crippen molar-refractivity contribution in [3.8, 4) is 0 Å². The number of hydrogen-bond acceptors (Lipinski definition) is 5. The molecule has 6 heteroatoms. The lowest BCUT2D eigenvalue weighted by atomic mass is 10.0. The Balaban J connectivity index is 2.08. The molecule has 0 saturated heterocycles. The van der Waals surface area contributed by atoms with Gasteiger partial charge in [-0.25, -0.2) is 0 Å². The predicted octanol–water partition coefficient (Wildman–Crippen LogP) is 2.90. The molecule has 0 spiro atoms. The van der Waals surface area contributed by atoms with E-state index in [0.717, 1.165) is 16.3 Å². The Labute approximate surface area is 135 Å². The second-order valence-electron chi connectivity index (χ2n) is 5.22. The van der Waals surface area contributed by atoms with Crippen molar-refractivity contribution in [2.24, 2.45) is 0 Å². The summed E-state index contributed by atoms with van der Waals surface area (Å²) in [6.45, 7) is 7.23. The van der Waals surface area contributed by atoms with Crippen molar-refractivity contribution in [2.45, 2.75) is 37.7 Å². The van der Waals surface area contributed by atoms with E-state index in [-0.39, 0.29) is 11.0 Å². The van der Waals surface area contributed by atoms with Gasteiger partial charge < -0.3 is 9.30 Å². The van der Waals surface area contributed by atoms with E-state index in [0.29, 0.717) is 13.2 Å². The normalized spacial score (nSPS) is 12.4. The summed E-state index contributed by atoms with van der Waals surface area (Å²) in [5.74, 6) is 0.106. The number of benzene rings is 1. The van der Waals surface area contributed by atoms with Crippen LogP contribution in [0.1, 0.15) is 28.4 Å². The molecule has 1 atom stereocenters. The number of hydrogen-bond donors (Lipinski definition) is 0. The zero-order chi connectivity index (χ0) is 16.1. The van der Waals surface area contributed by atoms with Gasteiger partial charge in [-0.1, -0.05) is 23.9 Å². The summed E-state index contributed by atoms with van der Waals surface area (Å²) in [4.78, 5) is 12.6. The molecule has 1 unspecified atom stereocenters. The molecule has 0 bridgehead atoms. The molecule has 2 rings (SSSR count). The maximum absolute atomic E-state index is 12.6. The molecule has 1 aromatic heterocycles. The predicted molar refractivity (Wildman–Crippen MR) is 87.5 cm³/mol. The number of carbonyl (C=O) groups is 1. The van der Waals surface area contributed by atoms with Crippen LogP contribution in [0.4, 0.5) is 0 Å². The Morgan fingerprint density at radius 3 is 2.82 bits per heavy atom. The molecule has 1 aromatic carbocycles. The molecule has 118 valence electrons.